The molecule has 1 unspecified atom stereocenters. The van der Waals surface area contributed by atoms with Crippen LogP contribution >= 0.6 is 0 Å². The maximum absolute atomic E-state index is 13.0. The van der Waals surface area contributed by atoms with Crippen molar-refractivity contribution in [2.45, 2.75) is 12.6 Å². The number of likely N-dealkylation sites (N-methyl/N-ethyl adjacent to an activating group) is 1. The zero-order chi connectivity index (χ0) is 17.7. The zero-order valence-corrected chi connectivity index (χ0v) is 13.8. The number of methoxy groups -OCH3 is 2. The highest BCUT2D eigenvalue weighted by atomic mass is 19.1. The highest BCUT2D eigenvalue weighted by molar-refractivity contribution is 5.77. The van der Waals surface area contributed by atoms with Gasteiger partial charge in [-0.3, -0.25) is 9.69 Å². The molecule has 24 heavy (non-hydrogen) atoms. The van der Waals surface area contributed by atoms with Gasteiger partial charge >= 0.3 is 5.97 Å². The van der Waals surface area contributed by atoms with Crippen molar-refractivity contribution >= 4 is 5.97 Å². The van der Waals surface area contributed by atoms with Crippen molar-refractivity contribution in [3.05, 3.63) is 59.4 Å². The van der Waals surface area contributed by atoms with E-state index in [0.717, 1.165) is 5.56 Å². The van der Waals surface area contributed by atoms with Gasteiger partial charge in [0.25, 0.3) is 0 Å². The number of halogens is 1. The van der Waals surface area contributed by atoms with Crippen molar-refractivity contribution in [2.75, 3.05) is 21.3 Å². The van der Waals surface area contributed by atoms with E-state index in [2.05, 4.69) is 0 Å². The Morgan fingerprint density at radius 3 is 2.38 bits per heavy atom. The number of rotatable bonds is 7. The molecule has 0 amide bonds. The monoisotopic (exact) mass is 333 g/mol. The molecular weight excluding hydrogens is 313 g/mol. The number of benzene rings is 2. The van der Waals surface area contributed by atoms with Crippen molar-refractivity contribution < 1.29 is 23.8 Å². The summed E-state index contributed by atoms with van der Waals surface area (Å²) in [7, 11) is 4.70. The van der Waals surface area contributed by atoms with Crippen LogP contribution in [0.2, 0.25) is 0 Å². The topological polar surface area (TPSA) is 59.0 Å². The third-order valence-electron chi connectivity index (χ3n) is 3.75. The van der Waals surface area contributed by atoms with Gasteiger partial charge in [0.05, 0.1) is 14.2 Å². The molecule has 1 N–H and O–H groups in total. The van der Waals surface area contributed by atoms with E-state index in [0.29, 0.717) is 23.6 Å². The SMILES string of the molecule is COc1ccc(OC)c(C(C(=O)O)N(C)Cc2ccc(F)cc2)c1. The standard InChI is InChI=1S/C18H20FNO4/c1-20(11-12-4-6-13(19)7-5-12)17(18(21)22)15-10-14(23-2)8-9-16(15)24-3/h4-10,17H,11H2,1-3H3,(H,21,22). The Kier molecular flexibility index (Phi) is 5.76. The first-order chi connectivity index (χ1) is 11.5. The Morgan fingerprint density at radius 2 is 1.83 bits per heavy atom. The molecule has 0 saturated heterocycles. The second-order valence-electron chi connectivity index (χ2n) is 5.39. The predicted molar refractivity (Wildman–Crippen MR) is 87.8 cm³/mol. The van der Waals surface area contributed by atoms with E-state index < -0.39 is 12.0 Å². The van der Waals surface area contributed by atoms with Gasteiger partial charge in [0.2, 0.25) is 0 Å². The number of ether oxygens (including phenoxy) is 2. The Labute approximate surface area is 140 Å². The van der Waals surface area contributed by atoms with Crippen molar-refractivity contribution in [1.82, 2.24) is 4.90 Å². The molecule has 0 heterocycles. The maximum atomic E-state index is 13.0. The minimum atomic E-state index is -1.01. The van der Waals surface area contributed by atoms with E-state index in [1.807, 2.05) is 0 Å². The van der Waals surface area contributed by atoms with E-state index in [1.54, 1.807) is 42.3 Å². The third-order valence-corrected chi connectivity index (χ3v) is 3.75. The summed E-state index contributed by atoms with van der Waals surface area (Å²) in [6.45, 7) is 0.345. The molecule has 1 atom stereocenters. The number of aliphatic carboxylic acids is 1. The van der Waals surface area contributed by atoms with Crippen LogP contribution in [0, 0.1) is 5.82 Å². The highest BCUT2D eigenvalue weighted by Gasteiger charge is 2.28. The van der Waals surface area contributed by atoms with Crippen molar-refractivity contribution in [3.8, 4) is 11.5 Å². The van der Waals surface area contributed by atoms with Crippen molar-refractivity contribution in [3.63, 3.8) is 0 Å². The normalized spacial score (nSPS) is 12.0. The molecule has 0 spiro atoms. The van der Waals surface area contributed by atoms with Crippen LogP contribution in [0.4, 0.5) is 4.39 Å². The number of carbonyl (C=O) groups is 1. The van der Waals surface area contributed by atoms with Gasteiger partial charge in [-0.25, -0.2) is 4.39 Å². The van der Waals surface area contributed by atoms with Crippen molar-refractivity contribution in [1.29, 1.82) is 0 Å². The molecule has 5 nitrogen and oxygen atoms in total. The van der Waals surface area contributed by atoms with E-state index >= 15 is 0 Å². The van der Waals surface area contributed by atoms with Gasteiger partial charge in [0, 0.05) is 12.1 Å². The Morgan fingerprint density at radius 1 is 1.17 bits per heavy atom. The van der Waals surface area contributed by atoms with E-state index in [4.69, 9.17) is 9.47 Å². The van der Waals surface area contributed by atoms with Gasteiger partial charge < -0.3 is 14.6 Å². The molecule has 2 aromatic rings. The second-order valence-corrected chi connectivity index (χ2v) is 5.39. The molecule has 2 aromatic carbocycles. The van der Waals surface area contributed by atoms with Crippen LogP contribution in [-0.2, 0) is 11.3 Å². The van der Waals surface area contributed by atoms with Crippen molar-refractivity contribution in [2.24, 2.45) is 0 Å². The van der Waals surface area contributed by atoms with Gasteiger partial charge in [0.15, 0.2) is 0 Å². The fraction of sp³-hybridized carbons (Fsp3) is 0.278. The summed E-state index contributed by atoms with van der Waals surface area (Å²) in [5, 5.41) is 9.70. The average Bonchev–Trinajstić information content (AvgIpc) is 2.56. The molecule has 2 rings (SSSR count). The largest absolute Gasteiger partial charge is 0.497 e. The number of nitrogens with zero attached hydrogens (tertiary/aromatic N) is 1. The molecule has 6 heteroatoms. The lowest BCUT2D eigenvalue weighted by Crippen LogP contribution is -2.30. The number of hydrogen-bond acceptors (Lipinski definition) is 4. The molecule has 0 aliphatic rings. The molecule has 0 bridgehead atoms. The molecule has 0 radical (unpaired) electrons. The molecule has 0 aliphatic carbocycles. The lowest BCUT2D eigenvalue weighted by Gasteiger charge is -2.26. The highest BCUT2D eigenvalue weighted by Crippen LogP contribution is 2.33. The minimum Gasteiger partial charge on any atom is -0.497 e. The average molecular weight is 333 g/mol. The van der Waals surface area contributed by atoms with Crippen LogP contribution in [0.1, 0.15) is 17.2 Å². The molecule has 0 fully saturated rings. The van der Waals surface area contributed by atoms with E-state index in [1.165, 1.54) is 26.4 Å². The van der Waals surface area contributed by atoms with Crippen LogP contribution in [-0.4, -0.2) is 37.2 Å². The summed E-state index contributed by atoms with van der Waals surface area (Å²) >= 11 is 0. The molecular formula is C18H20FNO4. The fourth-order valence-corrected chi connectivity index (χ4v) is 2.58. The number of hydrogen-bond donors (Lipinski definition) is 1. The van der Waals surface area contributed by atoms with E-state index in [-0.39, 0.29) is 5.82 Å². The smallest absolute Gasteiger partial charge is 0.325 e. The fourth-order valence-electron chi connectivity index (χ4n) is 2.58. The predicted octanol–water partition coefficient (Wildman–Crippen LogP) is 3.10. The van der Waals surface area contributed by atoms with Crippen LogP contribution in [0.5, 0.6) is 11.5 Å². The summed E-state index contributed by atoms with van der Waals surface area (Å²) in [5.74, 6) is -0.321. The van der Waals surface area contributed by atoms with Gasteiger partial charge in [-0.15, -0.1) is 0 Å². The number of carboxylic acid groups (broad SMARTS) is 1. The van der Waals surface area contributed by atoms with E-state index in [9.17, 15) is 14.3 Å². The molecule has 0 aromatic heterocycles. The van der Waals surface area contributed by atoms with Crippen LogP contribution in [0.25, 0.3) is 0 Å². The third kappa shape index (κ3) is 4.02. The number of carboxylic acids is 1. The Bertz CT molecular complexity index is 703. The van der Waals surface area contributed by atoms with Crippen LogP contribution in [0.3, 0.4) is 0 Å². The van der Waals surface area contributed by atoms with Crippen LogP contribution in [0.15, 0.2) is 42.5 Å². The summed E-state index contributed by atoms with van der Waals surface area (Å²) in [4.78, 5) is 13.5. The first-order valence-electron chi connectivity index (χ1n) is 7.35. The van der Waals surface area contributed by atoms with Crippen LogP contribution < -0.4 is 9.47 Å². The molecule has 128 valence electrons. The van der Waals surface area contributed by atoms with Gasteiger partial charge in [-0.05, 0) is 42.9 Å². The molecule has 0 aliphatic heterocycles. The lowest BCUT2D eigenvalue weighted by atomic mass is 10.0. The summed E-state index contributed by atoms with van der Waals surface area (Å²) in [5.41, 5.74) is 1.31. The maximum Gasteiger partial charge on any atom is 0.325 e. The molecule has 0 saturated carbocycles. The minimum absolute atomic E-state index is 0.328. The Hall–Kier alpha value is -2.60. The lowest BCUT2D eigenvalue weighted by molar-refractivity contribution is -0.143. The van der Waals surface area contributed by atoms with Gasteiger partial charge in [0.1, 0.15) is 23.4 Å². The summed E-state index contributed by atoms with van der Waals surface area (Å²) in [6, 6.07) is 10.1. The van der Waals surface area contributed by atoms with Gasteiger partial charge in [-0.2, -0.15) is 0 Å². The Balaban J connectivity index is 2.34. The zero-order valence-electron chi connectivity index (χ0n) is 13.8. The quantitative estimate of drug-likeness (QED) is 0.844. The first kappa shape index (κ1) is 17.7. The first-order valence-corrected chi connectivity index (χ1v) is 7.35. The second kappa shape index (κ2) is 7.79. The summed E-state index contributed by atoms with van der Waals surface area (Å²) in [6.07, 6.45) is 0. The summed E-state index contributed by atoms with van der Waals surface area (Å²) < 4.78 is 23.5. The van der Waals surface area contributed by atoms with Gasteiger partial charge in [-0.1, -0.05) is 12.1 Å².